The number of benzene rings is 3. The average Bonchev–Trinajstić information content (AvgIpc) is 3.87. The van der Waals surface area contributed by atoms with E-state index in [1.165, 1.54) is 10.6 Å². The van der Waals surface area contributed by atoms with Gasteiger partial charge in [0, 0.05) is 12.8 Å². The third-order valence-electron chi connectivity index (χ3n) is 7.51. The molecule has 2 fully saturated rings. The molecule has 3 aromatic carbocycles. The van der Waals surface area contributed by atoms with Gasteiger partial charge in [-0.3, -0.25) is 4.84 Å². The quantitative estimate of drug-likeness (QED) is 0.110. The van der Waals surface area contributed by atoms with Crippen LogP contribution < -0.4 is 5.48 Å². The van der Waals surface area contributed by atoms with E-state index in [4.69, 9.17) is 33.7 Å². The van der Waals surface area contributed by atoms with Crippen LogP contribution in [0.1, 0.15) is 116 Å². The lowest BCUT2D eigenvalue weighted by molar-refractivity contribution is -0.160. The van der Waals surface area contributed by atoms with E-state index in [0.717, 1.165) is 30.6 Å². The SMILES string of the molecule is CC(C)(C)OC(=O)CO.CC(C)(C)OC(=O)COCC[C@@H](O)c1ccccc1.CC(C)(C)OC(=O)N1OCC[C@@H]1c1ccccc1.c1ccc([C@H]2CCON2)cc1. The Kier molecular flexibility index (Phi) is 20.9. The van der Waals surface area contributed by atoms with Gasteiger partial charge in [-0.25, -0.2) is 14.4 Å². The van der Waals surface area contributed by atoms with Crippen molar-refractivity contribution in [2.45, 2.75) is 117 Å². The highest BCUT2D eigenvalue weighted by Crippen LogP contribution is 2.31. The summed E-state index contributed by atoms with van der Waals surface area (Å²) in [4.78, 5) is 44.2. The van der Waals surface area contributed by atoms with Crippen LogP contribution in [0.25, 0.3) is 0 Å². The predicted molar refractivity (Wildman–Crippen MR) is 216 cm³/mol. The molecule has 0 aliphatic carbocycles. The molecule has 5 rings (SSSR count). The van der Waals surface area contributed by atoms with Crippen molar-refractivity contribution >= 4 is 18.0 Å². The van der Waals surface area contributed by atoms with Crippen LogP contribution in [0.4, 0.5) is 4.79 Å². The fourth-order valence-electron chi connectivity index (χ4n) is 5.19. The molecule has 316 valence electrons. The van der Waals surface area contributed by atoms with Crippen LogP contribution in [0, 0.1) is 0 Å². The Labute approximate surface area is 338 Å². The van der Waals surface area contributed by atoms with Crippen molar-refractivity contribution in [1.29, 1.82) is 0 Å². The number of nitrogens with zero attached hydrogens (tertiary/aromatic N) is 1. The number of hydroxylamine groups is 3. The van der Waals surface area contributed by atoms with Crippen LogP contribution in [0.15, 0.2) is 91.0 Å². The molecule has 13 heteroatoms. The van der Waals surface area contributed by atoms with E-state index in [-0.39, 0.29) is 18.6 Å². The number of aliphatic hydroxyl groups is 2. The van der Waals surface area contributed by atoms with Gasteiger partial charge in [-0.2, -0.15) is 10.5 Å². The average molecular weight is 797 g/mol. The van der Waals surface area contributed by atoms with Crippen LogP contribution in [0.3, 0.4) is 0 Å². The lowest BCUT2D eigenvalue weighted by Gasteiger charge is -2.27. The summed E-state index contributed by atoms with van der Waals surface area (Å²) in [5.74, 6) is -0.968. The van der Waals surface area contributed by atoms with Crippen molar-refractivity contribution in [1.82, 2.24) is 10.5 Å². The van der Waals surface area contributed by atoms with Gasteiger partial charge >= 0.3 is 18.0 Å². The Hall–Kier alpha value is -4.37. The minimum absolute atomic E-state index is 0.0546. The Balaban J connectivity index is 0.000000274. The maximum absolute atomic E-state index is 12.0. The Morgan fingerprint density at radius 2 is 1.23 bits per heavy atom. The second-order valence-electron chi connectivity index (χ2n) is 16.2. The Bertz CT molecular complexity index is 1560. The molecule has 0 aromatic heterocycles. The second kappa shape index (κ2) is 24.4. The molecule has 0 unspecified atom stereocenters. The van der Waals surface area contributed by atoms with Crippen LogP contribution in [0.2, 0.25) is 0 Å². The van der Waals surface area contributed by atoms with Crippen molar-refractivity contribution in [3.63, 3.8) is 0 Å². The molecule has 2 aliphatic rings. The van der Waals surface area contributed by atoms with Gasteiger partial charge in [0.05, 0.1) is 38.0 Å². The minimum atomic E-state index is -0.581. The lowest BCUT2D eigenvalue weighted by atomic mass is 10.1. The molecule has 57 heavy (non-hydrogen) atoms. The number of nitrogens with one attached hydrogen (secondary N) is 1. The third-order valence-corrected chi connectivity index (χ3v) is 7.51. The van der Waals surface area contributed by atoms with E-state index < -0.39 is 41.6 Å². The molecule has 0 spiro atoms. The molecule has 2 heterocycles. The molecule has 1 amide bonds. The fourth-order valence-corrected chi connectivity index (χ4v) is 5.19. The van der Waals surface area contributed by atoms with E-state index >= 15 is 0 Å². The summed E-state index contributed by atoms with van der Waals surface area (Å²) < 4.78 is 20.3. The topological polar surface area (TPSA) is 162 Å². The molecule has 2 saturated heterocycles. The predicted octanol–water partition coefficient (Wildman–Crippen LogP) is 7.74. The first-order chi connectivity index (χ1) is 26.8. The largest absolute Gasteiger partial charge is 0.458 e. The summed E-state index contributed by atoms with van der Waals surface area (Å²) in [6.45, 7) is 17.3. The molecule has 3 N–H and O–H groups in total. The summed E-state index contributed by atoms with van der Waals surface area (Å²) in [5, 5.41) is 19.4. The number of hydrogen-bond acceptors (Lipinski definition) is 12. The summed E-state index contributed by atoms with van der Waals surface area (Å²) in [7, 11) is 0. The third kappa shape index (κ3) is 21.7. The van der Waals surface area contributed by atoms with Crippen LogP contribution in [-0.4, -0.2) is 83.1 Å². The standard InChI is InChI=1S/C15H22O4.C14H19NO3.C9H11NO.C6H12O3/c1-15(2,3)19-14(17)11-18-10-9-13(16)12-7-5-4-6-8-12;1-14(2,3)18-13(16)15-12(9-10-17-15)11-7-5-4-6-8-11;1-2-4-8(5-3-1)9-6-7-11-10-9;1-6(2,3)9-5(8)4-7/h4-8,13,16H,9-11H2,1-3H3;4-8,12H,9-10H2,1-3H3;1-5,9-10H,6-7H2;7H,4H2,1-3H3/t13-;12-;9-;/m111./s1. The molecule has 13 nitrogen and oxygen atoms in total. The molecule has 0 radical (unpaired) electrons. The number of rotatable bonds is 9. The number of aliphatic hydroxyl groups excluding tert-OH is 2. The first-order valence-corrected chi connectivity index (χ1v) is 19.3. The zero-order valence-electron chi connectivity index (χ0n) is 35.1. The summed E-state index contributed by atoms with van der Waals surface area (Å²) in [6.07, 6.45) is 1.33. The molecular formula is C44H64N2O11. The molecular weight excluding hydrogens is 732 g/mol. The van der Waals surface area contributed by atoms with E-state index in [1.54, 1.807) is 20.8 Å². The number of amides is 1. The number of carbonyl (C=O) groups is 3. The highest BCUT2D eigenvalue weighted by atomic mass is 16.7. The van der Waals surface area contributed by atoms with E-state index in [1.807, 2.05) is 108 Å². The zero-order valence-corrected chi connectivity index (χ0v) is 35.1. The zero-order chi connectivity index (χ0) is 42.5. The van der Waals surface area contributed by atoms with E-state index in [0.29, 0.717) is 25.7 Å². The van der Waals surface area contributed by atoms with Gasteiger partial charge in [-0.1, -0.05) is 91.0 Å². The fraction of sp³-hybridized carbons (Fsp3) is 0.523. The molecule has 0 saturated carbocycles. The second-order valence-corrected chi connectivity index (χ2v) is 16.2. The molecule has 0 bridgehead atoms. The van der Waals surface area contributed by atoms with Gasteiger partial charge in [-0.15, -0.1) is 0 Å². The number of esters is 2. The summed E-state index contributed by atoms with van der Waals surface area (Å²) in [6, 6.07) is 29.9. The maximum Gasteiger partial charge on any atom is 0.435 e. The molecule has 3 atom stereocenters. The van der Waals surface area contributed by atoms with E-state index in [9.17, 15) is 19.5 Å². The van der Waals surface area contributed by atoms with Crippen molar-refractivity contribution in [2.75, 3.05) is 33.0 Å². The van der Waals surface area contributed by atoms with Gasteiger partial charge in [0.2, 0.25) is 0 Å². The number of carbonyl (C=O) groups excluding carboxylic acids is 3. The first kappa shape index (κ1) is 48.8. The van der Waals surface area contributed by atoms with Crippen LogP contribution in [-0.2, 0) is 38.2 Å². The Morgan fingerprint density at radius 3 is 1.70 bits per heavy atom. The maximum atomic E-state index is 12.0. The molecule has 2 aliphatic heterocycles. The number of hydrogen-bond donors (Lipinski definition) is 3. The van der Waals surface area contributed by atoms with Crippen molar-refractivity contribution in [2.24, 2.45) is 0 Å². The monoisotopic (exact) mass is 796 g/mol. The highest BCUT2D eigenvalue weighted by molar-refractivity contribution is 5.71. The van der Waals surface area contributed by atoms with Crippen LogP contribution >= 0.6 is 0 Å². The molecule has 3 aromatic rings. The minimum Gasteiger partial charge on any atom is -0.458 e. The van der Waals surface area contributed by atoms with E-state index in [2.05, 4.69) is 29.7 Å². The van der Waals surface area contributed by atoms with Crippen molar-refractivity contribution in [3.8, 4) is 0 Å². The van der Waals surface area contributed by atoms with Crippen molar-refractivity contribution < 1.29 is 53.2 Å². The summed E-state index contributed by atoms with van der Waals surface area (Å²) in [5.41, 5.74) is 4.71. The smallest absolute Gasteiger partial charge is 0.435 e. The van der Waals surface area contributed by atoms with Gasteiger partial charge in [0.1, 0.15) is 30.0 Å². The highest BCUT2D eigenvalue weighted by Gasteiger charge is 2.34. The van der Waals surface area contributed by atoms with Crippen molar-refractivity contribution in [3.05, 3.63) is 108 Å². The lowest BCUT2D eigenvalue weighted by Crippen LogP contribution is -2.35. The normalized spacial score (nSPS) is 17.0. The summed E-state index contributed by atoms with van der Waals surface area (Å²) >= 11 is 0. The van der Waals surface area contributed by atoms with Gasteiger partial charge in [0.25, 0.3) is 0 Å². The van der Waals surface area contributed by atoms with Gasteiger partial charge in [0.15, 0.2) is 0 Å². The van der Waals surface area contributed by atoms with Crippen LogP contribution in [0.5, 0.6) is 0 Å². The number of ether oxygens (including phenoxy) is 4. The van der Waals surface area contributed by atoms with Gasteiger partial charge < -0.3 is 34.0 Å². The Morgan fingerprint density at radius 1 is 0.719 bits per heavy atom. The first-order valence-electron chi connectivity index (χ1n) is 19.3. The van der Waals surface area contributed by atoms with Gasteiger partial charge in [-0.05, 0) is 85.4 Å².